The number of ether oxygens (including phenoxy) is 1. The number of hydrogen-bond acceptors (Lipinski definition) is 4. The van der Waals surface area contributed by atoms with Gasteiger partial charge in [0.25, 0.3) is 5.91 Å². The summed E-state index contributed by atoms with van der Waals surface area (Å²) in [5, 5.41) is 8.97. The number of likely N-dealkylation sites (tertiary alicyclic amines) is 1. The van der Waals surface area contributed by atoms with Gasteiger partial charge in [-0.15, -0.1) is 0 Å². The van der Waals surface area contributed by atoms with Gasteiger partial charge in [-0.2, -0.15) is 5.26 Å². The van der Waals surface area contributed by atoms with Gasteiger partial charge in [0, 0.05) is 37.4 Å². The van der Waals surface area contributed by atoms with Crippen molar-refractivity contribution >= 4 is 5.91 Å². The van der Waals surface area contributed by atoms with Crippen LogP contribution in [0.4, 0.5) is 4.39 Å². The van der Waals surface area contributed by atoms with Crippen LogP contribution < -0.4 is 0 Å². The van der Waals surface area contributed by atoms with Crippen molar-refractivity contribution < 1.29 is 15.3 Å². The molecule has 2 aliphatic heterocycles. The zero-order valence-corrected chi connectivity index (χ0v) is 22.3. The Kier molecular flexibility index (Phi) is 7.79. The smallest absolute Gasteiger partial charge is 0.254 e. The number of nitrogens with one attached hydrogen (secondary N) is 1. The summed E-state index contributed by atoms with van der Waals surface area (Å²) < 4.78 is 20.9. The summed E-state index contributed by atoms with van der Waals surface area (Å²) in [4.78, 5) is 23.3. The first-order valence-corrected chi connectivity index (χ1v) is 13.0. The molecule has 6 nitrogen and oxygen atoms in total. The van der Waals surface area contributed by atoms with Gasteiger partial charge in [0.05, 0.1) is 30.4 Å². The Bertz CT molecular complexity index is 1320. The summed E-state index contributed by atoms with van der Waals surface area (Å²) >= 11 is 0. The molecular weight excluding hydrogens is 467 g/mol. The molecule has 0 unspecified atom stereocenters. The van der Waals surface area contributed by atoms with Gasteiger partial charge in [-0.1, -0.05) is 32.0 Å². The SMILES string of the molecule is CC.Cc1cc(C)c(-c2nc(C3CCOCC3)[nH]c2C)cc1C(=O)N1CC(F)(c2ccc(C#N)cc2)C1.[HH]. The standard InChI is InChI=1S/C28H29FN4O2.C2H6.H2/c1-17-12-18(2)24(13-23(17)25-19(3)31-26(32-25)21-8-10-35-11-9-21)27(34)33-15-28(29,16-33)22-6-4-20(14-30)5-7-22;1-2;/h4-7,12-13,21H,8-11,15-16H2,1-3H3,(H,31,32);1-2H3;1H. The number of aromatic amines is 1. The van der Waals surface area contributed by atoms with Gasteiger partial charge in [0.2, 0.25) is 0 Å². The van der Waals surface area contributed by atoms with E-state index in [0.29, 0.717) is 22.6 Å². The average molecular weight is 505 g/mol. The Morgan fingerprint density at radius 3 is 2.41 bits per heavy atom. The van der Waals surface area contributed by atoms with Crippen molar-refractivity contribution in [2.45, 2.75) is 59.0 Å². The molecule has 0 radical (unpaired) electrons. The van der Waals surface area contributed by atoms with Gasteiger partial charge in [0.15, 0.2) is 5.67 Å². The van der Waals surface area contributed by atoms with Crippen molar-refractivity contribution in [2.75, 3.05) is 26.3 Å². The molecule has 2 aliphatic rings. The molecule has 0 atom stereocenters. The van der Waals surface area contributed by atoms with Crippen LogP contribution in [0.3, 0.4) is 0 Å². The number of benzene rings is 2. The molecule has 1 aromatic heterocycles. The van der Waals surface area contributed by atoms with Crippen LogP contribution in [0.5, 0.6) is 0 Å². The minimum Gasteiger partial charge on any atom is -0.381 e. The van der Waals surface area contributed by atoms with Crippen LogP contribution in [0, 0.1) is 32.1 Å². The fourth-order valence-electron chi connectivity index (χ4n) is 5.15. The van der Waals surface area contributed by atoms with Crippen LogP contribution in [-0.2, 0) is 10.4 Å². The number of alkyl halides is 1. The number of amides is 1. The minimum absolute atomic E-state index is 0. The summed E-state index contributed by atoms with van der Waals surface area (Å²) in [7, 11) is 0. The number of aromatic nitrogens is 2. The molecule has 0 spiro atoms. The predicted octanol–water partition coefficient (Wildman–Crippen LogP) is 6.36. The average Bonchev–Trinajstić information content (AvgIpc) is 3.29. The maximum Gasteiger partial charge on any atom is 0.254 e. The zero-order valence-electron chi connectivity index (χ0n) is 22.3. The van der Waals surface area contributed by atoms with E-state index in [1.54, 1.807) is 29.2 Å². The van der Waals surface area contributed by atoms with Crippen LogP contribution in [0.2, 0.25) is 0 Å². The Labute approximate surface area is 220 Å². The highest BCUT2D eigenvalue weighted by molar-refractivity contribution is 5.98. The molecule has 2 fully saturated rings. The molecule has 7 heteroatoms. The van der Waals surface area contributed by atoms with Gasteiger partial charge >= 0.3 is 0 Å². The minimum atomic E-state index is -1.59. The van der Waals surface area contributed by atoms with Crippen molar-refractivity contribution in [1.82, 2.24) is 14.9 Å². The Morgan fingerprint density at radius 2 is 1.78 bits per heavy atom. The van der Waals surface area contributed by atoms with Crippen molar-refractivity contribution in [2.24, 2.45) is 0 Å². The molecule has 37 heavy (non-hydrogen) atoms. The molecule has 0 bridgehead atoms. The second-order valence-corrected chi connectivity index (χ2v) is 9.78. The topological polar surface area (TPSA) is 82.0 Å². The summed E-state index contributed by atoms with van der Waals surface area (Å²) in [6.45, 7) is 11.4. The molecule has 3 aromatic rings. The third-order valence-corrected chi connectivity index (χ3v) is 7.27. The summed E-state index contributed by atoms with van der Waals surface area (Å²) in [5.41, 5.74) is 4.63. The number of hydrogen-bond donors (Lipinski definition) is 1. The van der Waals surface area contributed by atoms with Crippen LogP contribution in [0.25, 0.3) is 11.3 Å². The monoisotopic (exact) mass is 504 g/mol. The molecule has 5 rings (SSSR count). The van der Waals surface area contributed by atoms with E-state index in [4.69, 9.17) is 15.0 Å². The Morgan fingerprint density at radius 1 is 1.14 bits per heavy atom. The maximum absolute atomic E-state index is 15.4. The third kappa shape index (κ3) is 5.17. The van der Waals surface area contributed by atoms with E-state index in [1.165, 1.54) is 0 Å². The van der Waals surface area contributed by atoms with Crippen LogP contribution in [-0.4, -0.2) is 47.1 Å². The fourth-order valence-corrected chi connectivity index (χ4v) is 5.15. The van der Waals surface area contributed by atoms with E-state index >= 15 is 4.39 Å². The second kappa shape index (κ2) is 10.9. The maximum atomic E-state index is 15.4. The summed E-state index contributed by atoms with van der Waals surface area (Å²) in [6, 6.07) is 12.4. The fraction of sp³-hybridized carbons (Fsp3) is 0.433. The van der Waals surface area contributed by atoms with E-state index in [2.05, 4.69) is 4.98 Å². The lowest BCUT2D eigenvalue weighted by Gasteiger charge is -2.45. The highest BCUT2D eigenvalue weighted by Crippen LogP contribution is 2.38. The second-order valence-electron chi connectivity index (χ2n) is 9.78. The number of halogens is 1. The number of nitrogens with zero attached hydrogens (tertiary/aromatic N) is 3. The van der Waals surface area contributed by atoms with E-state index in [0.717, 1.165) is 60.0 Å². The zero-order chi connectivity index (χ0) is 26.7. The Hall–Kier alpha value is -3.50. The van der Waals surface area contributed by atoms with Gasteiger partial charge < -0.3 is 14.6 Å². The summed E-state index contributed by atoms with van der Waals surface area (Å²) in [6.07, 6.45) is 1.89. The molecule has 3 heterocycles. The number of imidazole rings is 1. The number of carbonyl (C=O) groups is 1. The van der Waals surface area contributed by atoms with Crippen molar-refractivity contribution in [1.29, 1.82) is 5.26 Å². The largest absolute Gasteiger partial charge is 0.381 e. The molecule has 1 amide bonds. The van der Waals surface area contributed by atoms with Crippen LogP contribution in [0.1, 0.15) is 78.2 Å². The first kappa shape index (κ1) is 26.6. The molecular formula is C30H37FN4O2. The number of aryl methyl sites for hydroxylation is 3. The van der Waals surface area contributed by atoms with E-state index < -0.39 is 5.67 Å². The first-order valence-electron chi connectivity index (χ1n) is 13.0. The van der Waals surface area contributed by atoms with Crippen LogP contribution in [0.15, 0.2) is 36.4 Å². The molecule has 2 saturated heterocycles. The summed E-state index contributed by atoms with van der Waals surface area (Å²) in [5.74, 6) is 1.15. The lowest BCUT2D eigenvalue weighted by atomic mass is 9.86. The normalized spacial score (nSPS) is 16.8. The molecule has 2 aromatic carbocycles. The van der Waals surface area contributed by atoms with Crippen molar-refractivity contribution in [3.63, 3.8) is 0 Å². The van der Waals surface area contributed by atoms with Crippen LogP contribution >= 0.6 is 0 Å². The van der Waals surface area contributed by atoms with E-state index in [-0.39, 0.29) is 20.4 Å². The van der Waals surface area contributed by atoms with Crippen molar-refractivity contribution in [3.8, 4) is 17.3 Å². The molecule has 0 saturated carbocycles. The van der Waals surface area contributed by atoms with E-state index in [9.17, 15) is 4.79 Å². The number of carbonyl (C=O) groups excluding carboxylic acids is 1. The van der Waals surface area contributed by atoms with Gasteiger partial charge in [-0.05, 0) is 68.5 Å². The lowest BCUT2D eigenvalue weighted by molar-refractivity contribution is -0.0231. The lowest BCUT2D eigenvalue weighted by Crippen LogP contribution is -2.58. The first-order chi connectivity index (χ1) is 17.8. The van der Waals surface area contributed by atoms with Crippen molar-refractivity contribution in [3.05, 3.63) is 75.7 Å². The Balaban J connectivity index is 0.00000130. The highest BCUT2D eigenvalue weighted by Gasteiger charge is 2.47. The third-order valence-electron chi connectivity index (χ3n) is 7.27. The highest BCUT2D eigenvalue weighted by atomic mass is 19.1. The number of H-pyrrole nitrogens is 1. The van der Waals surface area contributed by atoms with Gasteiger partial charge in [0.1, 0.15) is 5.82 Å². The molecule has 0 aliphatic carbocycles. The predicted molar refractivity (Wildman–Crippen MR) is 144 cm³/mol. The quantitative estimate of drug-likeness (QED) is 0.448. The molecule has 196 valence electrons. The van der Waals surface area contributed by atoms with Gasteiger partial charge in [-0.3, -0.25) is 4.79 Å². The van der Waals surface area contributed by atoms with Gasteiger partial charge in [-0.25, -0.2) is 9.37 Å². The molecule has 1 N–H and O–H groups in total. The number of rotatable bonds is 4. The van der Waals surface area contributed by atoms with E-state index in [1.807, 2.05) is 52.8 Å². The number of nitriles is 1.